The maximum atomic E-state index is 5.71. The molecule has 1 unspecified atom stereocenters. The molecule has 9 heteroatoms. The lowest BCUT2D eigenvalue weighted by Crippen LogP contribution is -2.57. The SMILES string of the molecule is COCCN1CN=C2NC(c3ccc(OC)cc3OC)n3c(nc4ccccc43)N2C1. The number of nitrogens with one attached hydrogen (secondary N) is 1. The summed E-state index contributed by atoms with van der Waals surface area (Å²) in [5.74, 6) is 3.15. The van der Waals surface area contributed by atoms with Crippen LogP contribution in [0.15, 0.2) is 47.5 Å². The third-order valence-electron chi connectivity index (χ3n) is 5.71. The van der Waals surface area contributed by atoms with Gasteiger partial charge in [-0.25, -0.2) is 9.98 Å². The largest absolute Gasteiger partial charge is 0.497 e. The van der Waals surface area contributed by atoms with E-state index in [1.165, 1.54) is 0 Å². The maximum absolute atomic E-state index is 5.71. The Balaban J connectivity index is 1.63. The maximum Gasteiger partial charge on any atom is 0.216 e. The Hall–Kier alpha value is -3.30. The predicted octanol–water partition coefficient (Wildman–Crippen LogP) is 2.24. The number of hydrogen-bond acceptors (Lipinski definition) is 8. The summed E-state index contributed by atoms with van der Waals surface area (Å²) in [6.07, 6.45) is -0.219. The summed E-state index contributed by atoms with van der Waals surface area (Å²) in [6.45, 7) is 2.76. The van der Waals surface area contributed by atoms with E-state index in [1.54, 1.807) is 21.3 Å². The molecule has 1 aromatic heterocycles. The van der Waals surface area contributed by atoms with Gasteiger partial charge in [-0.3, -0.25) is 14.4 Å². The number of methoxy groups -OCH3 is 3. The first-order valence-corrected chi connectivity index (χ1v) is 10.2. The highest BCUT2D eigenvalue weighted by Gasteiger charge is 2.36. The van der Waals surface area contributed by atoms with E-state index in [4.69, 9.17) is 24.2 Å². The number of rotatable bonds is 6. The molecule has 0 bridgehead atoms. The van der Waals surface area contributed by atoms with Crippen LogP contribution in [0.1, 0.15) is 11.7 Å². The van der Waals surface area contributed by atoms with Crippen molar-refractivity contribution in [1.82, 2.24) is 19.8 Å². The number of aromatic nitrogens is 2. The molecule has 31 heavy (non-hydrogen) atoms. The van der Waals surface area contributed by atoms with Crippen LogP contribution in [0, 0.1) is 0 Å². The molecule has 0 amide bonds. The first kappa shape index (κ1) is 19.7. The summed E-state index contributed by atoms with van der Waals surface area (Å²) in [4.78, 5) is 14.1. The fourth-order valence-electron chi connectivity index (χ4n) is 4.13. The Bertz CT molecular complexity index is 1130. The quantitative estimate of drug-likeness (QED) is 0.653. The van der Waals surface area contributed by atoms with Crippen LogP contribution in [0.2, 0.25) is 0 Å². The zero-order valence-corrected chi connectivity index (χ0v) is 17.9. The summed E-state index contributed by atoms with van der Waals surface area (Å²) in [7, 11) is 5.04. The van der Waals surface area contributed by atoms with Gasteiger partial charge in [-0.1, -0.05) is 12.1 Å². The van der Waals surface area contributed by atoms with Gasteiger partial charge in [0.1, 0.15) is 17.7 Å². The third-order valence-corrected chi connectivity index (χ3v) is 5.71. The van der Waals surface area contributed by atoms with Crippen molar-refractivity contribution in [1.29, 1.82) is 0 Å². The average molecular weight is 422 g/mol. The molecule has 0 radical (unpaired) electrons. The lowest BCUT2D eigenvalue weighted by Gasteiger charge is -2.41. The Morgan fingerprint density at radius 1 is 1.10 bits per heavy atom. The summed E-state index contributed by atoms with van der Waals surface area (Å²) in [6, 6.07) is 14.0. The number of fused-ring (bicyclic) bond motifs is 5. The van der Waals surface area contributed by atoms with Gasteiger partial charge in [-0.05, 0) is 24.3 Å². The van der Waals surface area contributed by atoms with Gasteiger partial charge in [0.15, 0.2) is 0 Å². The van der Waals surface area contributed by atoms with Crippen LogP contribution in [-0.2, 0) is 4.74 Å². The van der Waals surface area contributed by atoms with E-state index < -0.39 is 0 Å². The normalized spacial score (nSPS) is 18.2. The molecule has 9 nitrogen and oxygen atoms in total. The van der Waals surface area contributed by atoms with Gasteiger partial charge in [0.25, 0.3) is 0 Å². The highest BCUT2D eigenvalue weighted by Crippen LogP contribution is 2.38. The molecule has 2 aliphatic heterocycles. The Labute approximate surface area is 180 Å². The number of para-hydroxylation sites is 2. The zero-order chi connectivity index (χ0) is 21.4. The highest BCUT2D eigenvalue weighted by molar-refractivity contribution is 5.99. The second-order valence-electron chi connectivity index (χ2n) is 7.51. The van der Waals surface area contributed by atoms with Crippen molar-refractivity contribution in [3.8, 4) is 11.5 Å². The van der Waals surface area contributed by atoms with Crippen LogP contribution in [0.4, 0.5) is 5.95 Å². The molecule has 1 atom stereocenters. The number of benzene rings is 2. The van der Waals surface area contributed by atoms with Crippen molar-refractivity contribution >= 4 is 22.9 Å². The first-order chi connectivity index (χ1) is 15.2. The minimum absolute atomic E-state index is 0.219. The molecular weight excluding hydrogens is 396 g/mol. The van der Waals surface area contributed by atoms with Crippen LogP contribution in [0.3, 0.4) is 0 Å². The Kier molecular flexibility index (Phi) is 5.13. The summed E-state index contributed by atoms with van der Waals surface area (Å²) < 4.78 is 18.6. The Morgan fingerprint density at radius 2 is 1.97 bits per heavy atom. The van der Waals surface area contributed by atoms with Crippen LogP contribution in [-0.4, -0.2) is 68.2 Å². The third kappa shape index (κ3) is 3.35. The zero-order valence-electron chi connectivity index (χ0n) is 17.9. The van der Waals surface area contributed by atoms with Gasteiger partial charge < -0.3 is 19.5 Å². The Morgan fingerprint density at radius 3 is 2.77 bits per heavy atom. The fourth-order valence-corrected chi connectivity index (χ4v) is 4.13. The molecule has 3 heterocycles. The number of nitrogens with zero attached hydrogens (tertiary/aromatic N) is 5. The molecular formula is C22H26N6O3. The summed E-state index contributed by atoms with van der Waals surface area (Å²) in [5, 5.41) is 3.62. The van der Waals surface area contributed by atoms with E-state index >= 15 is 0 Å². The molecule has 0 aliphatic carbocycles. The molecule has 162 valence electrons. The summed E-state index contributed by atoms with van der Waals surface area (Å²) >= 11 is 0. The van der Waals surface area contributed by atoms with Crippen molar-refractivity contribution < 1.29 is 14.2 Å². The van der Waals surface area contributed by atoms with E-state index in [0.717, 1.165) is 46.5 Å². The number of ether oxygens (including phenoxy) is 3. The van der Waals surface area contributed by atoms with Crippen LogP contribution < -0.4 is 19.7 Å². The van der Waals surface area contributed by atoms with Gasteiger partial charge in [-0.15, -0.1) is 0 Å². The molecule has 5 rings (SSSR count). The lowest BCUT2D eigenvalue weighted by molar-refractivity contribution is 0.147. The number of aliphatic imine (C=N–C) groups is 1. The highest BCUT2D eigenvalue weighted by atomic mass is 16.5. The van der Waals surface area contributed by atoms with E-state index in [0.29, 0.717) is 19.9 Å². The minimum Gasteiger partial charge on any atom is -0.497 e. The topological polar surface area (TPSA) is 76.4 Å². The second kappa shape index (κ2) is 8.09. The van der Waals surface area contributed by atoms with Gasteiger partial charge in [0.2, 0.25) is 11.9 Å². The van der Waals surface area contributed by atoms with Gasteiger partial charge >= 0.3 is 0 Å². The number of imidazole rings is 1. The smallest absolute Gasteiger partial charge is 0.216 e. The van der Waals surface area contributed by atoms with Gasteiger partial charge in [-0.2, -0.15) is 0 Å². The molecule has 2 aliphatic rings. The van der Waals surface area contributed by atoms with Crippen molar-refractivity contribution in [2.45, 2.75) is 6.17 Å². The van der Waals surface area contributed by atoms with E-state index in [2.05, 4.69) is 25.8 Å². The molecule has 2 aromatic carbocycles. The molecule has 1 N–H and O–H groups in total. The standard InChI is InChI=1S/C22H26N6O3/c1-29-11-10-26-13-23-21-25-20(16-9-8-15(30-2)12-19(16)31-3)28-18-7-5-4-6-17(18)24-22(28)27(21)14-26/h4-9,12,20H,10-11,13-14H2,1-3H3,(H,23,25). The molecule has 0 saturated carbocycles. The lowest BCUT2D eigenvalue weighted by atomic mass is 10.1. The van der Waals surface area contributed by atoms with Crippen molar-refractivity contribution in [3.05, 3.63) is 48.0 Å². The van der Waals surface area contributed by atoms with Crippen molar-refractivity contribution in [2.75, 3.05) is 52.7 Å². The minimum atomic E-state index is -0.219. The molecule has 0 fully saturated rings. The van der Waals surface area contributed by atoms with Gasteiger partial charge in [0.05, 0.1) is 45.2 Å². The second-order valence-corrected chi connectivity index (χ2v) is 7.51. The van der Waals surface area contributed by atoms with Crippen LogP contribution in [0.5, 0.6) is 11.5 Å². The monoisotopic (exact) mass is 422 g/mol. The van der Waals surface area contributed by atoms with E-state index in [1.807, 2.05) is 36.4 Å². The molecule has 0 spiro atoms. The molecule has 0 saturated heterocycles. The number of anilines is 1. The van der Waals surface area contributed by atoms with Crippen molar-refractivity contribution in [3.63, 3.8) is 0 Å². The van der Waals surface area contributed by atoms with Crippen LogP contribution >= 0.6 is 0 Å². The summed E-state index contributed by atoms with van der Waals surface area (Å²) in [5.41, 5.74) is 2.96. The van der Waals surface area contributed by atoms with E-state index in [9.17, 15) is 0 Å². The predicted molar refractivity (Wildman–Crippen MR) is 119 cm³/mol. The van der Waals surface area contributed by atoms with Gasteiger partial charge in [0, 0.05) is 25.3 Å². The number of hydrogen-bond donors (Lipinski definition) is 1. The van der Waals surface area contributed by atoms with Crippen LogP contribution in [0.25, 0.3) is 11.0 Å². The number of guanidine groups is 1. The fraction of sp³-hybridized carbons (Fsp3) is 0.364. The van der Waals surface area contributed by atoms with E-state index in [-0.39, 0.29) is 6.17 Å². The molecule has 3 aromatic rings. The van der Waals surface area contributed by atoms with Crippen molar-refractivity contribution in [2.24, 2.45) is 4.99 Å². The first-order valence-electron chi connectivity index (χ1n) is 10.2. The average Bonchev–Trinajstić information content (AvgIpc) is 3.22.